The molecule has 0 bridgehead atoms. The van der Waals surface area contributed by atoms with Gasteiger partial charge in [-0.1, -0.05) is 18.2 Å². The van der Waals surface area contributed by atoms with Crippen molar-refractivity contribution in [3.8, 4) is 0 Å². The van der Waals surface area contributed by atoms with Crippen molar-refractivity contribution in [3.05, 3.63) is 63.0 Å². The zero-order valence-corrected chi connectivity index (χ0v) is 12.5. The van der Waals surface area contributed by atoms with E-state index < -0.39 is 0 Å². The van der Waals surface area contributed by atoms with Gasteiger partial charge in [0.2, 0.25) is 0 Å². The molecule has 0 heterocycles. The lowest BCUT2D eigenvalue weighted by Gasteiger charge is -2.18. The minimum atomic E-state index is -0.166. The third-order valence-corrected chi connectivity index (χ3v) is 3.60. The first-order valence-electron chi connectivity index (χ1n) is 5.85. The first-order chi connectivity index (χ1) is 8.58. The van der Waals surface area contributed by atoms with Gasteiger partial charge >= 0.3 is 0 Å². The number of anilines is 1. The highest BCUT2D eigenvalue weighted by Crippen LogP contribution is 2.24. The lowest BCUT2D eigenvalue weighted by Crippen LogP contribution is -2.09. The summed E-state index contributed by atoms with van der Waals surface area (Å²) in [6.07, 6.45) is 0. The Morgan fingerprint density at radius 1 is 1.17 bits per heavy atom. The molecule has 0 amide bonds. The van der Waals surface area contributed by atoms with Crippen molar-refractivity contribution < 1.29 is 4.39 Å². The van der Waals surface area contributed by atoms with E-state index in [1.54, 1.807) is 6.07 Å². The average Bonchev–Trinajstić information content (AvgIpc) is 2.33. The molecule has 0 aliphatic carbocycles. The normalized spacial score (nSPS) is 12.2. The maximum atomic E-state index is 13.7. The summed E-state index contributed by atoms with van der Waals surface area (Å²) in [5.74, 6) is -0.166. The maximum Gasteiger partial charge on any atom is 0.128 e. The molecule has 94 valence electrons. The Labute approximate surface area is 121 Å². The van der Waals surface area contributed by atoms with Gasteiger partial charge in [-0.25, -0.2) is 4.39 Å². The molecular formula is C15H15FIN. The first-order valence-corrected chi connectivity index (χ1v) is 6.93. The van der Waals surface area contributed by atoms with E-state index in [0.29, 0.717) is 5.56 Å². The van der Waals surface area contributed by atoms with Crippen molar-refractivity contribution >= 4 is 28.3 Å². The maximum absolute atomic E-state index is 13.7. The van der Waals surface area contributed by atoms with Crippen LogP contribution in [0.15, 0.2) is 42.5 Å². The molecule has 3 heteroatoms. The molecule has 1 atom stereocenters. The molecule has 0 spiro atoms. The summed E-state index contributed by atoms with van der Waals surface area (Å²) >= 11 is 2.28. The lowest BCUT2D eigenvalue weighted by molar-refractivity contribution is 0.600. The molecule has 2 aromatic carbocycles. The van der Waals surface area contributed by atoms with Gasteiger partial charge in [-0.3, -0.25) is 0 Å². The van der Waals surface area contributed by atoms with E-state index >= 15 is 0 Å². The quantitative estimate of drug-likeness (QED) is 0.772. The van der Waals surface area contributed by atoms with E-state index in [2.05, 4.69) is 40.9 Å². The van der Waals surface area contributed by atoms with Crippen molar-refractivity contribution in [3.63, 3.8) is 0 Å². The Morgan fingerprint density at radius 3 is 2.56 bits per heavy atom. The SMILES string of the molecule is Cc1cc(I)ccc1NC(C)c1ccccc1F. The number of hydrogen-bond donors (Lipinski definition) is 1. The standard InChI is InChI=1S/C15H15FIN/c1-10-9-12(17)7-8-15(10)18-11(2)13-5-3-4-6-14(13)16/h3-9,11,18H,1-2H3. The summed E-state index contributed by atoms with van der Waals surface area (Å²) in [5, 5.41) is 3.35. The van der Waals surface area contributed by atoms with E-state index in [0.717, 1.165) is 5.69 Å². The van der Waals surface area contributed by atoms with E-state index in [1.165, 1.54) is 15.2 Å². The summed E-state index contributed by atoms with van der Waals surface area (Å²) in [6.45, 7) is 4.02. The number of aryl methyl sites for hydroxylation is 1. The Morgan fingerprint density at radius 2 is 1.89 bits per heavy atom. The van der Waals surface area contributed by atoms with Gasteiger partial charge in [0.05, 0.1) is 6.04 Å². The second-order valence-corrected chi connectivity index (χ2v) is 5.59. The van der Waals surface area contributed by atoms with Crippen LogP contribution < -0.4 is 5.32 Å². The molecule has 0 radical (unpaired) electrons. The lowest BCUT2D eigenvalue weighted by atomic mass is 10.1. The predicted molar refractivity (Wildman–Crippen MR) is 82.3 cm³/mol. The van der Waals surface area contributed by atoms with Crippen molar-refractivity contribution in [1.82, 2.24) is 0 Å². The third kappa shape index (κ3) is 3.02. The fraction of sp³-hybridized carbons (Fsp3) is 0.200. The van der Waals surface area contributed by atoms with Crippen LogP contribution in [0, 0.1) is 16.3 Å². The molecule has 0 aliphatic heterocycles. The van der Waals surface area contributed by atoms with Crippen molar-refractivity contribution in [1.29, 1.82) is 0 Å². The van der Waals surface area contributed by atoms with Gasteiger partial charge in [-0.15, -0.1) is 0 Å². The molecule has 2 rings (SSSR count). The molecule has 18 heavy (non-hydrogen) atoms. The van der Waals surface area contributed by atoms with Crippen molar-refractivity contribution in [2.45, 2.75) is 19.9 Å². The second kappa shape index (κ2) is 5.69. The summed E-state index contributed by atoms with van der Waals surface area (Å²) in [4.78, 5) is 0. The number of benzene rings is 2. The topological polar surface area (TPSA) is 12.0 Å². The number of rotatable bonds is 3. The molecule has 1 N–H and O–H groups in total. The highest BCUT2D eigenvalue weighted by Gasteiger charge is 2.10. The Kier molecular flexibility index (Phi) is 4.22. The fourth-order valence-electron chi connectivity index (χ4n) is 1.93. The number of halogens is 2. The summed E-state index contributed by atoms with van der Waals surface area (Å²) in [5.41, 5.74) is 2.91. The van der Waals surface area contributed by atoms with Crippen LogP contribution in [0.25, 0.3) is 0 Å². The van der Waals surface area contributed by atoms with Gasteiger partial charge in [0, 0.05) is 14.8 Å². The molecule has 0 fully saturated rings. The Bertz CT molecular complexity index is 554. The molecule has 0 aliphatic rings. The van der Waals surface area contributed by atoms with Crippen LogP contribution in [0.2, 0.25) is 0 Å². The van der Waals surface area contributed by atoms with Crippen LogP contribution in [0.5, 0.6) is 0 Å². The van der Waals surface area contributed by atoms with Gasteiger partial charge < -0.3 is 5.32 Å². The van der Waals surface area contributed by atoms with Gasteiger partial charge in [-0.05, 0) is 66.3 Å². The molecule has 0 aromatic heterocycles. The largest absolute Gasteiger partial charge is 0.378 e. The monoisotopic (exact) mass is 355 g/mol. The van der Waals surface area contributed by atoms with Crippen LogP contribution in [-0.4, -0.2) is 0 Å². The van der Waals surface area contributed by atoms with Crippen LogP contribution in [0.3, 0.4) is 0 Å². The second-order valence-electron chi connectivity index (χ2n) is 4.35. The summed E-state index contributed by atoms with van der Waals surface area (Å²) in [6, 6.07) is 13.0. The highest BCUT2D eigenvalue weighted by molar-refractivity contribution is 14.1. The Hall–Kier alpha value is -1.10. The molecule has 1 unspecified atom stereocenters. The van der Waals surface area contributed by atoms with Crippen LogP contribution in [-0.2, 0) is 0 Å². The minimum Gasteiger partial charge on any atom is -0.378 e. The minimum absolute atomic E-state index is 0.0510. The van der Waals surface area contributed by atoms with E-state index in [-0.39, 0.29) is 11.9 Å². The molecule has 1 nitrogen and oxygen atoms in total. The fourth-order valence-corrected chi connectivity index (χ4v) is 2.57. The van der Waals surface area contributed by atoms with Crippen molar-refractivity contribution in [2.24, 2.45) is 0 Å². The van der Waals surface area contributed by atoms with E-state index in [9.17, 15) is 4.39 Å². The molecular weight excluding hydrogens is 340 g/mol. The van der Waals surface area contributed by atoms with Crippen LogP contribution in [0.1, 0.15) is 24.1 Å². The van der Waals surface area contributed by atoms with Crippen LogP contribution >= 0.6 is 22.6 Å². The number of hydrogen-bond acceptors (Lipinski definition) is 1. The molecule has 2 aromatic rings. The Balaban J connectivity index is 2.21. The predicted octanol–water partition coefficient (Wildman–Crippen LogP) is 4.91. The third-order valence-electron chi connectivity index (χ3n) is 2.93. The molecule has 0 saturated heterocycles. The number of nitrogens with one attached hydrogen (secondary N) is 1. The van der Waals surface area contributed by atoms with Gasteiger partial charge in [0.25, 0.3) is 0 Å². The van der Waals surface area contributed by atoms with E-state index in [1.807, 2.05) is 31.2 Å². The highest BCUT2D eigenvalue weighted by atomic mass is 127. The van der Waals surface area contributed by atoms with E-state index in [4.69, 9.17) is 0 Å². The first kappa shape index (κ1) is 13.3. The average molecular weight is 355 g/mol. The van der Waals surface area contributed by atoms with Crippen LogP contribution in [0.4, 0.5) is 10.1 Å². The summed E-state index contributed by atoms with van der Waals surface area (Å²) < 4.78 is 14.9. The smallest absolute Gasteiger partial charge is 0.128 e. The zero-order valence-electron chi connectivity index (χ0n) is 10.4. The molecule has 0 saturated carbocycles. The van der Waals surface area contributed by atoms with Gasteiger partial charge in [0.1, 0.15) is 5.82 Å². The van der Waals surface area contributed by atoms with Gasteiger partial charge in [-0.2, -0.15) is 0 Å². The van der Waals surface area contributed by atoms with Crippen molar-refractivity contribution in [2.75, 3.05) is 5.32 Å². The van der Waals surface area contributed by atoms with Gasteiger partial charge in [0.15, 0.2) is 0 Å². The summed E-state index contributed by atoms with van der Waals surface area (Å²) in [7, 11) is 0. The zero-order chi connectivity index (χ0) is 13.1.